The molecule has 110 valence electrons. The molecule has 1 aromatic carbocycles. The number of nitrogens with zero attached hydrogens (tertiary/aromatic N) is 1. The van der Waals surface area contributed by atoms with E-state index in [0.29, 0.717) is 25.4 Å². The van der Waals surface area contributed by atoms with E-state index in [2.05, 4.69) is 0 Å². The van der Waals surface area contributed by atoms with Crippen LogP contribution in [0.2, 0.25) is 0 Å². The third-order valence-electron chi connectivity index (χ3n) is 3.08. The summed E-state index contributed by atoms with van der Waals surface area (Å²) in [4.78, 5) is 13.8. The van der Waals surface area contributed by atoms with Gasteiger partial charge in [-0.05, 0) is 24.6 Å². The topological polar surface area (TPSA) is 74.0 Å². The Kier molecular flexibility index (Phi) is 4.81. The van der Waals surface area contributed by atoms with E-state index in [1.54, 1.807) is 18.9 Å². The van der Waals surface area contributed by atoms with Crippen LogP contribution in [0.3, 0.4) is 0 Å². The molecule has 0 bridgehead atoms. The number of carbonyl (C=O) groups excluding carboxylic acids is 1. The third-order valence-corrected chi connectivity index (χ3v) is 3.08. The van der Waals surface area contributed by atoms with Gasteiger partial charge in [0.2, 0.25) is 12.7 Å². The zero-order valence-corrected chi connectivity index (χ0v) is 11.8. The fraction of sp³-hybridized carbons (Fsp3) is 0.500. The zero-order valence-electron chi connectivity index (χ0n) is 11.8. The van der Waals surface area contributed by atoms with E-state index in [1.807, 2.05) is 18.2 Å². The summed E-state index contributed by atoms with van der Waals surface area (Å²) in [6.45, 7) is 3.38. The molecule has 1 heterocycles. The van der Waals surface area contributed by atoms with Crippen LogP contribution in [0.1, 0.15) is 12.5 Å². The minimum atomic E-state index is -0.527. The van der Waals surface area contributed by atoms with Crippen molar-refractivity contribution in [2.24, 2.45) is 5.73 Å². The van der Waals surface area contributed by atoms with Gasteiger partial charge < -0.3 is 24.8 Å². The van der Waals surface area contributed by atoms with Crippen molar-refractivity contribution in [1.82, 2.24) is 4.90 Å². The van der Waals surface area contributed by atoms with Gasteiger partial charge in [0.15, 0.2) is 11.5 Å². The van der Waals surface area contributed by atoms with Gasteiger partial charge in [0.05, 0.1) is 12.6 Å². The molecule has 0 aliphatic carbocycles. The molecule has 1 aromatic rings. The Hall–Kier alpha value is -1.79. The van der Waals surface area contributed by atoms with Gasteiger partial charge in [0.25, 0.3) is 0 Å². The minimum Gasteiger partial charge on any atom is -0.454 e. The number of amides is 1. The molecule has 2 rings (SSSR count). The van der Waals surface area contributed by atoms with Gasteiger partial charge in [0, 0.05) is 20.2 Å². The lowest BCUT2D eigenvalue weighted by Gasteiger charge is -2.24. The molecule has 0 saturated carbocycles. The smallest absolute Gasteiger partial charge is 0.239 e. The van der Waals surface area contributed by atoms with Gasteiger partial charge in [-0.1, -0.05) is 6.07 Å². The maximum Gasteiger partial charge on any atom is 0.239 e. The highest BCUT2D eigenvalue weighted by Crippen LogP contribution is 2.32. The second kappa shape index (κ2) is 6.58. The first-order valence-corrected chi connectivity index (χ1v) is 6.53. The Bertz CT molecular complexity index is 476. The first-order chi connectivity index (χ1) is 9.61. The third kappa shape index (κ3) is 3.40. The number of fused-ring (bicyclic) bond motifs is 1. The Morgan fingerprint density at radius 3 is 2.90 bits per heavy atom. The number of hydrogen-bond donors (Lipinski definition) is 1. The number of ether oxygens (including phenoxy) is 3. The molecule has 0 fully saturated rings. The maximum atomic E-state index is 12.1. The van der Waals surface area contributed by atoms with Crippen molar-refractivity contribution in [3.8, 4) is 11.5 Å². The Labute approximate surface area is 118 Å². The predicted molar refractivity (Wildman–Crippen MR) is 73.5 cm³/mol. The van der Waals surface area contributed by atoms with E-state index in [9.17, 15) is 4.79 Å². The van der Waals surface area contributed by atoms with Crippen LogP contribution in [0, 0.1) is 0 Å². The molecule has 6 heteroatoms. The lowest BCUT2D eigenvalue weighted by atomic mass is 10.1. The van der Waals surface area contributed by atoms with Crippen LogP contribution in [-0.2, 0) is 16.1 Å². The van der Waals surface area contributed by atoms with Crippen molar-refractivity contribution in [1.29, 1.82) is 0 Å². The molecule has 0 spiro atoms. The van der Waals surface area contributed by atoms with E-state index in [4.69, 9.17) is 19.9 Å². The van der Waals surface area contributed by atoms with Crippen LogP contribution in [0.5, 0.6) is 11.5 Å². The Morgan fingerprint density at radius 2 is 2.20 bits per heavy atom. The van der Waals surface area contributed by atoms with Crippen LogP contribution in [-0.4, -0.2) is 43.9 Å². The van der Waals surface area contributed by atoms with Crippen LogP contribution in [0.25, 0.3) is 0 Å². The highest BCUT2D eigenvalue weighted by molar-refractivity contribution is 5.81. The Morgan fingerprint density at radius 1 is 1.45 bits per heavy atom. The highest BCUT2D eigenvalue weighted by Gasteiger charge is 2.19. The van der Waals surface area contributed by atoms with Crippen molar-refractivity contribution in [3.63, 3.8) is 0 Å². The first kappa shape index (κ1) is 14.6. The largest absolute Gasteiger partial charge is 0.454 e. The molecular weight excluding hydrogens is 260 g/mol. The molecule has 0 aromatic heterocycles. The fourth-order valence-electron chi connectivity index (χ4n) is 2.02. The maximum absolute atomic E-state index is 12.1. The number of nitrogens with two attached hydrogens (primary N) is 1. The molecule has 1 aliphatic rings. The van der Waals surface area contributed by atoms with E-state index in [-0.39, 0.29) is 12.7 Å². The summed E-state index contributed by atoms with van der Waals surface area (Å²) in [6, 6.07) is 5.13. The normalized spacial score (nSPS) is 14.2. The standard InChI is InChI=1S/C14H20N2O4/c1-10(15)14(17)16(5-6-18-2)8-11-3-4-12-13(7-11)20-9-19-12/h3-4,7,10H,5-6,8-9,15H2,1-2H3/t10-/m0/s1. The SMILES string of the molecule is COCCN(Cc1ccc2c(c1)OCO2)C(=O)[C@H](C)N. The van der Waals surface area contributed by atoms with Gasteiger partial charge in [-0.2, -0.15) is 0 Å². The van der Waals surface area contributed by atoms with E-state index in [0.717, 1.165) is 11.3 Å². The van der Waals surface area contributed by atoms with Crippen LogP contribution < -0.4 is 15.2 Å². The number of rotatable bonds is 6. The summed E-state index contributed by atoms with van der Waals surface area (Å²) in [7, 11) is 1.61. The van der Waals surface area contributed by atoms with Crippen LogP contribution >= 0.6 is 0 Å². The minimum absolute atomic E-state index is 0.0975. The van der Waals surface area contributed by atoms with E-state index >= 15 is 0 Å². The summed E-state index contributed by atoms with van der Waals surface area (Å²) < 4.78 is 15.6. The average molecular weight is 280 g/mol. The quantitative estimate of drug-likeness (QED) is 0.832. The van der Waals surface area contributed by atoms with Gasteiger partial charge in [0.1, 0.15) is 0 Å². The molecule has 2 N–H and O–H groups in total. The second-order valence-electron chi connectivity index (χ2n) is 4.73. The number of carbonyl (C=O) groups is 1. The highest BCUT2D eigenvalue weighted by atomic mass is 16.7. The number of benzene rings is 1. The number of hydrogen-bond acceptors (Lipinski definition) is 5. The summed E-state index contributed by atoms with van der Waals surface area (Å²) in [5, 5.41) is 0. The lowest BCUT2D eigenvalue weighted by Crippen LogP contribution is -2.43. The summed E-state index contributed by atoms with van der Waals surface area (Å²) >= 11 is 0. The molecule has 1 aliphatic heterocycles. The summed E-state index contributed by atoms with van der Waals surface area (Å²) in [6.07, 6.45) is 0. The monoisotopic (exact) mass is 280 g/mol. The van der Waals surface area contributed by atoms with Gasteiger partial charge in [-0.25, -0.2) is 0 Å². The fourth-order valence-corrected chi connectivity index (χ4v) is 2.02. The van der Waals surface area contributed by atoms with Crippen molar-refractivity contribution in [3.05, 3.63) is 23.8 Å². The average Bonchev–Trinajstić information content (AvgIpc) is 2.89. The zero-order chi connectivity index (χ0) is 14.5. The van der Waals surface area contributed by atoms with Crippen molar-refractivity contribution in [2.75, 3.05) is 27.1 Å². The van der Waals surface area contributed by atoms with Gasteiger partial charge >= 0.3 is 0 Å². The molecule has 6 nitrogen and oxygen atoms in total. The predicted octanol–water partition coefficient (Wildman–Crippen LogP) is 0.737. The second-order valence-corrected chi connectivity index (χ2v) is 4.73. The van der Waals surface area contributed by atoms with E-state index < -0.39 is 6.04 Å². The van der Waals surface area contributed by atoms with Gasteiger partial charge in [-0.3, -0.25) is 4.79 Å². The van der Waals surface area contributed by atoms with Gasteiger partial charge in [-0.15, -0.1) is 0 Å². The molecule has 1 atom stereocenters. The molecule has 0 unspecified atom stereocenters. The lowest BCUT2D eigenvalue weighted by molar-refractivity contribution is -0.133. The molecular formula is C14H20N2O4. The molecule has 0 saturated heterocycles. The summed E-state index contributed by atoms with van der Waals surface area (Å²) in [5.74, 6) is 1.35. The van der Waals surface area contributed by atoms with Crippen molar-refractivity contribution >= 4 is 5.91 Å². The van der Waals surface area contributed by atoms with Crippen LogP contribution in [0.4, 0.5) is 0 Å². The Balaban J connectivity index is 2.08. The van der Waals surface area contributed by atoms with E-state index in [1.165, 1.54) is 0 Å². The van der Waals surface area contributed by atoms with Crippen molar-refractivity contribution < 1.29 is 19.0 Å². The van der Waals surface area contributed by atoms with Crippen LogP contribution in [0.15, 0.2) is 18.2 Å². The van der Waals surface area contributed by atoms with Crippen molar-refractivity contribution in [2.45, 2.75) is 19.5 Å². The molecule has 20 heavy (non-hydrogen) atoms. The summed E-state index contributed by atoms with van der Waals surface area (Å²) in [5.41, 5.74) is 6.65. The first-order valence-electron chi connectivity index (χ1n) is 6.53. The molecule has 0 radical (unpaired) electrons. The molecule has 1 amide bonds. The number of methoxy groups -OCH3 is 1.